The van der Waals surface area contributed by atoms with Crippen molar-refractivity contribution < 1.29 is 9.53 Å². The average Bonchev–Trinajstić information content (AvgIpc) is 2.64. The Kier molecular flexibility index (Phi) is 5.17. The molecule has 0 aliphatic carbocycles. The van der Waals surface area contributed by atoms with E-state index in [4.69, 9.17) is 4.74 Å². The first kappa shape index (κ1) is 17.5. The summed E-state index contributed by atoms with van der Waals surface area (Å²) in [5.74, 6) is 0.279. The van der Waals surface area contributed by atoms with E-state index in [1.54, 1.807) is 18.2 Å². The van der Waals surface area contributed by atoms with Gasteiger partial charge in [-0.2, -0.15) is 0 Å². The third-order valence-electron chi connectivity index (χ3n) is 3.75. The minimum atomic E-state index is -0.321. The van der Waals surface area contributed by atoms with Gasteiger partial charge in [-0.1, -0.05) is 42.5 Å². The molecule has 0 fully saturated rings. The first-order chi connectivity index (χ1) is 12.5. The van der Waals surface area contributed by atoms with E-state index in [9.17, 15) is 9.59 Å². The predicted molar refractivity (Wildman–Crippen MR) is 103 cm³/mol. The maximum absolute atomic E-state index is 12.7. The first-order valence-electron chi connectivity index (χ1n) is 8.40. The van der Waals surface area contributed by atoms with Crippen LogP contribution in [0.15, 0.2) is 71.7 Å². The number of H-pyrrole nitrogens is 1. The van der Waals surface area contributed by atoms with Gasteiger partial charge in [-0.3, -0.25) is 9.59 Å². The number of para-hydroxylation sites is 2. The van der Waals surface area contributed by atoms with Gasteiger partial charge >= 0.3 is 0 Å². The summed E-state index contributed by atoms with van der Waals surface area (Å²) >= 11 is 0. The molecule has 1 amide bonds. The van der Waals surface area contributed by atoms with Crippen LogP contribution in [0.2, 0.25) is 0 Å². The van der Waals surface area contributed by atoms with Crippen molar-refractivity contribution in [2.45, 2.75) is 20.0 Å². The Morgan fingerprint density at radius 3 is 2.46 bits per heavy atom. The average molecular weight is 348 g/mol. The summed E-state index contributed by atoms with van der Waals surface area (Å²) in [6, 6.07) is 18.1. The molecule has 0 unspecified atom stereocenters. The molecule has 0 saturated heterocycles. The van der Waals surface area contributed by atoms with Crippen molar-refractivity contribution in [2.75, 3.05) is 5.32 Å². The minimum Gasteiger partial charge on any atom is -0.489 e. The third-order valence-corrected chi connectivity index (χ3v) is 3.75. The lowest BCUT2D eigenvalue weighted by Gasteiger charge is -2.15. The lowest BCUT2D eigenvalue weighted by Crippen LogP contribution is -2.17. The maximum Gasteiger partial charge on any atom is 0.257 e. The van der Waals surface area contributed by atoms with E-state index in [1.807, 2.05) is 56.3 Å². The molecular weight excluding hydrogens is 328 g/mol. The highest BCUT2D eigenvalue weighted by Crippen LogP contribution is 2.25. The van der Waals surface area contributed by atoms with Gasteiger partial charge in [-0.25, -0.2) is 0 Å². The Labute approximate surface area is 151 Å². The summed E-state index contributed by atoms with van der Waals surface area (Å²) in [4.78, 5) is 27.4. The fourth-order valence-corrected chi connectivity index (χ4v) is 2.57. The van der Waals surface area contributed by atoms with Crippen molar-refractivity contribution in [3.8, 4) is 16.9 Å². The summed E-state index contributed by atoms with van der Waals surface area (Å²) in [6.07, 6.45) is 1.40. The number of rotatable bonds is 5. The van der Waals surface area contributed by atoms with Crippen LogP contribution in [0.25, 0.3) is 11.1 Å². The third kappa shape index (κ3) is 4.00. The number of aromatic amines is 1. The van der Waals surface area contributed by atoms with E-state index in [-0.39, 0.29) is 17.6 Å². The normalized spacial score (nSPS) is 10.6. The molecule has 0 bridgehead atoms. The highest BCUT2D eigenvalue weighted by Gasteiger charge is 2.13. The lowest BCUT2D eigenvalue weighted by molar-refractivity contribution is 0.102. The van der Waals surface area contributed by atoms with Gasteiger partial charge in [-0.15, -0.1) is 0 Å². The predicted octanol–water partition coefficient (Wildman–Crippen LogP) is 4.08. The van der Waals surface area contributed by atoms with Gasteiger partial charge in [0.25, 0.3) is 11.5 Å². The van der Waals surface area contributed by atoms with E-state index in [1.165, 1.54) is 6.20 Å². The first-order valence-corrected chi connectivity index (χ1v) is 8.40. The van der Waals surface area contributed by atoms with Gasteiger partial charge in [0.1, 0.15) is 5.75 Å². The van der Waals surface area contributed by atoms with Gasteiger partial charge in [0.15, 0.2) is 0 Å². The molecule has 3 aromatic rings. The van der Waals surface area contributed by atoms with Crippen molar-refractivity contribution in [1.29, 1.82) is 0 Å². The topological polar surface area (TPSA) is 71.2 Å². The molecule has 3 rings (SSSR count). The van der Waals surface area contributed by atoms with Crippen LogP contribution in [0, 0.1) is 0 Å². The van der Waals surface area contributed by atoms with E-state index in [2.05, 4.69) is 10.3 Å². The highest BCUT2D eigenvalue weighted by molar-refractivity contribution is 6.05. The molecule has 26 heavy (non-hydrogen) atoms. The van der Waals surface area contributed by atoms with Crippen LogP contribution in [-0.4, -0.2) is 17.0 Å². The Morgan fingerprint density at radius 2 is 1.73 bits per heavy atom. The molecule has 1 heterocycles. The number of benzene rings is 2. The molecule has 1 aromatic heterocycles. The number of anilines is 1. The summed E-state index contributed by atoms with van der Waals surface area (Å²) in [7, 11) is 0. The lowest BCUT2D eigenvalue weighted by atomic mass is 10.1. The number of nitrogens with one attached hydrogen (secondary N) is 2. The molecule has 0 spiro atoms. The van der Waals surface area contributed by atoms with Crippen LogP contribution < -0.4 is 15.6 Å². The monoisotopic (exact) mass is 348 g/mol. The zero-order valence-corrected chi connectivity index (χ0v) is 14.7. The van der Waals surface area contributed by atoms with Gasteiger partial charge in [-0.05, 0) is 37.6 Å². The van der Waals surface area contributed by atoms with Crippen LogP contribution in [0.1, 0.15) is 24.2 Å². The molecule has 0 aliphatic heterocycles. The number of aromatic nitrogens is 1. The van der Waals surface area contributed by atoms with Crippen molar-refractivity contribution >= 4 is 11.6 Å². The number of carbonyl (C=O) groups is 1. The fraction of sp³-hybridized carbons (Fsp3) is 0.143. The number of amides is 1. The number of hydrogen-bond donors (Lipinski definition) is 2. The minimum absolute atomic E-state index is 0.00850. The van der Waals surface area contributed by atoms with E-state index in [0.717, 1.165) is 5.56 Å². The molecule has 5 heteroatoms. The second-order valence-electron chi connectivity index (χ2n) is 6.11. The van der Waals surface area contributed by atoms with Crippen molar-refractivity contribution in [3.63, 3.8) is 0 Å². The van der Waals surface area contributed by atoms with Crippen LogP contribution >= 0.6 is 0 Å². The van der Waals surface area contributed by atoms with Crippen molar-refractivity contribution in [3.05, 3.63) is 82.8 Å². The molecule has 0 aliphatic rings. The van der Waals surface area contributed by atoms with Crippen molar-refractivity contribution in [2.24, 2.45) is 0 Å². The fourth-order valence-electron chi connectivity index (χ4n) is 2.57. The summed E-state index contributed by atoms with van der Waals surface area (Å²) in [6.45, 7) is 3.85. The molecular formula is C21H20N2O3. The number of ether oxygens (including phenoxy) is 1. The van der Waals surface area contributed by atoms with Crippen LogP contribution in [0.5, 0.6) is 5.75 Å². The van der Waals surface area contributed by atoms with Crippen LogP contribution in [0.3, 0.4) is 0 Å². The molecule has 0 saturated carbocycles. The molecule has 0 atom stereocenters. The molecule has 0 radical (unpaired) electrons. The zero-order valence-electron chi connectivity index (χ0n) is 14.7. The van der Waals surface area contributed by atoms with Gasteiger partial charge in [0.2, 0.25) is 0 Å². The van der Waals surface area contributed by atoms with E-state index < -0.39 is 0 Å². The summed E-state index contributed by atoms with van der Waals surface area (Å²) in [5.41, 5.74) is 1.91. The number of carbonyl (C=O) groups excluding carboxylic acids is 1. The Bertz CT molecular complexity index is 962. The molecule has 2 aromatic carbocycles. The maximum atomic E-state index is 12.7. The van der Waals surface area contributed by atoms with Gasteiger partial charge in [0, 0.05) is 11.8 Å². The van der Waals surface area contributed by atoms with Crippen LogP contribution in [0.4, 0.5) is 5.69 Å². The number of pyridine rings is 1. The Hall–Kier alpha value is -3.34. The SMILES string of the molecule is CC(C)Oc1ccccc1NC(=O)c1c[nH]c(=O)c(-c2ccccc2)c1. The second-order valence-corrected chi connectivity index (χ2v) is 6.11. The summed E-state index contributed by atoms with van der Waals surface area (Å²) in [5, 5.41) is 2.84. The highest BCUT2D eigenvalue weighted by atomic mass is 16.5. The van der Waals surface area contributed by atoms with Gasteiger partial charge in [0.05, 0.1) is 17.4 Å². The van der Waals surface area contributed by atoms with E-state index in [0.29, 0.717) is 22.6 Å². The van der Waals surface area contributed by atoms with Gasteiger partial charge < -0.3 is 15.0 Å². The standard InChI is InChI=1S/C21H20N2O3/c1-14(2)26-19-11-7-6-10-18(19)23-20(24)16-12-17(21(25)22-13-16)15-8-4-3-5-9-15/h3-14H,1-2H3,(H,22,25)(H,23,24). The smallest absolute Gasteiger partial charge is 0.257 e. The summed E-state index contributed by atoms with van der Waals surface area (Å²) < 4.78 is 5.72. The molecule has 5 nitrogen and oxygen atoms in total. The quantitative estimate of drug-likeness (QED) is 0.730. The number of hydrogen-bond acceptors (Lipinski definition) is 3. The Balaban J connectivity index is 1.89. The molecule has 2 N–H and O–H groups in total. The van der Waals surface area contributed by atoms with Crippen molar-refractivity contribution in [1.82, 2.24) is 4.98 Å². The Morgan fingerprint density at radius 1 is 1.04 bits per heavy atom. The van der Waals surface area contributed by atoms with E-state index >= 15 is 0 Å². The largest absolute Gasteiger partial charge is 0.489 e. The van der Waals surface area contributed by atoms with Crippen LogP contribution in [-0.2, 0) is 0 Å². The molecule has 132 valence electrons. The second kappa shape index (κ2) is 7.70. The zero-order chi connectivity index (χ0) is 18.5.